The molecule has 2 amide bonds. The lowest BCUT2D eigenvalue weighted by Gasteiger charge is -2.20. The monoisotopic (exact) mass is 292 g/mol. The molecule has 4 nitrogen and oxygen atoms in total. The van der Waals surface area contributed by atoms with Gasteiger partial charge in [-0.3, -0.25) is 9.59 Å². The van der Waals surface area contributed by atoms with Gasteiger partial charge < -0.3 is 9.80 Å². The van der Waals surface area contributed by atoms with Crippen molar-refractivity contribution in [1.82, 2.24) is 4.90 Å². The van der Waals surface area contributed by atoms with Crippen molar-refractivity contribution >= 4 is 30.1 Å². The number of hydrogen-bond donors (Lipinski definition) is 1. The first kappa shape index (κ1) is 14.9. The van der Waals surface area contributed by atoms with E-state index in [1.165, 1.54) is 0 Å². The average molecular weight is 292 g/mol. The van der Waals surface area contributed by atoms with Crippen LogP contribution in [0, 0.1) is 0 Å². The van der Waals surface area contributed by atoms with Crippen LogP contribution in [0.25, 0.3) is 0 Å². The van der Waals surface area contributed by atoms with Crippen molar-refractivity contribution < 1.29 is 9.59 Å². The predicted octanol–water partition coefficient (Wildman–Crippen LogP) is 2.20. The van der Waals surface area contributed by atoms with Gasteiger partial charge in [0.1, 0.15) is 0 Å². The van der Waals surface area contributed by atoms with Crippen LogP contribution >= 0.6 is 12.6 Å². The van der Waals surface area contributed by atoms with E-state index in [1.54, 1.807) is 21.9 Å². The van der Waals surface area contributed by atoms with Crippen LogP contribution in [-0.2, 0) is 4.79 Å². The second-order valence-electron chi connectivity index (χ2n) is 4.89. The Hall–Kier alpha value is -1.49. The van der Waals surface area contributed by atoms with Crippen molar-refractivity contribution in [2.45, 2.75) is 25.5 Å². The Bertz CT molecular complexity index is 497. The molecule has 5 heteroatoms. The zero-order valence-electron chi connectivity index (χ0n) is 11.9. The lowest BCUT2D eigenvalue weighted by molar-refractivity contribution is -0.117. The molecule has 1 unspecified atom stereocenters. The van der Waals surface area contributed by atoms with Gasteiger partial charge in [0.25, 0.3) is 5.91 Å². The molecule has 1 aromatic rings. The van der Waals surface area contributed by atoms with E-state index in [9.17, 15) is 9.59 Å². The molecule has 1 aliphatic heterocycles. The summed E-state index contributed by atoms with van der Waals surface area (Å²) >= 11 is 4.34. The molecule has 20 heavy (non-hydrogen) atoms. The van der Waals surface area contributed by atoms with Gasteiger partial charge in [-0.15, -0.1) is 0 Å². The molecule has 0 saturated carbocycles. The highest BCUT2D eigenvalue weighted by atomic mass is 32.1. The number of carbonyl (C=O) groups excluding carboxylic acids is 2. The van der Waals surface area contributed by atoms with Crippen molar-refractivity contribution in [2.75, 3.05) is 24.5 Å². The smallest absolute Gasteiger partial charge is 0.253 e. The minimum atomic E-state index is 0.0290. The number of rotatable bonds is 4. The van der Waals surface area contributed by atoms with Gasteiger partial charge in [0.15, 0.2) is 0 Å². The summed E-state index contributed by atoms with van der Waals surface area (Å²) in [4.78, 5) is 27.5. The van der Waals surface area contributed by atoms with Gasteiger partial charge in [0.2, 0.25) is 5.91 Å². The van der Waals surface area contributed by atoms with Crippen molar-refractivity contribution in [2.24, 2.45) is 0 Å². The quantitative estimate of drug-likeness (QED) is 0.864. The highest BCUT2D eigenvalue weighted by Gasteiger charge is 2.28. The van der Waals surface area contributed by atoms with E-state index in [1.807, 2.05) is 26.0 Å². The zero-order valence-corrected chi connectivity index (χ0v) is 12.8. The normalized spacial score (nSPS) is 18.4. The summed E-state index contributed by atoms with van der Waals surface area (Å²) in [6, 6.07) is 7.24. The molecule has 0 aliphatic carbocycles. The van der Waals surface area contributed by atoms with E-state index in [4.69, 9.17) is 0 Å². The Morgan fingerprint density at radius 1 is 1.30 bits per heavy atom. The van der Waals surface area contributed by atoms with Gasteiger partial charge >= 0.3 is 0 Å². The summed E-state index contributed by atoms with van der Waals surface area (Å²) in [6.07, 6.45) is 0.475. The van der Waals surface area contributed by atoms with Crippen LogP contribution in [-0.4, -0.2) is 41.6 Å². The summed E-state index contributed by atoms with van der Waals surface area (Å²) in [5, 5.41) is 0.0967. The minimum Gasteiger partial charge on any atom is -0.339 e. The van der Waals surface area contributed by atoms with Crippen LogP contribution in [0.1, 0.15) is 30.6 Å². The van der Waals surface area contributed by atoms with Crippen molar-refractivity contribution in [3.05, 3.63) is 29.8 Å². The lowest BCUT2D eigenvalue weighted by Crippen LogP contribution is -2.30. The molecular formula is C15H20N2O2S. The van der Waals surface area contributed by atoms with E-state index in [0.717, 1.165) is 5.69 Å². The first-order chi connectivity index (χ1) is 9.56. The van der Waals surface area contributed by atoms with Crippen molar-refractivity contribution in [3.63, 3.8) is 0 Å². The second kappa shape index (κ2) is 6.31. The fourth-order valence-corrected chi connectivity index (χ4v) is 2.74. The highest BCUT2D eigenvalue weighted by molar-refractivity contribution is 7.81. The lowest BCUT2D eigenvalue weighted by atomic mass is 10.1. The molecule has 1 atom stereocenters. The Morgan fingerprint density at radius 3 is 2.35 bits per heavy atom. The zero-order chi connectivity index (χ0) is 14.7. The Morgan fingerprint density at radius 2 is 1.90 bits per heavy atom. The molecule has 108 valence electrons. The number of nitrogens with zero attached hydrogens (tertiary/aromatic N) is 2. The van der Waals surface area contributed by atoms with E-state index in [0.29, 0.717) is 31.6 Å². The van der Waals surface area contributed by atoms with Crippen LogP contribution in [0.3, 0.4) is 0 Å². The molecule has 0 N–H and O–H groups in total. The van der Waals surface area contributed by atoms with Gasteiger partial charge in [0.05, 0.1) is 0 Å². The number of carbonyl (C=O) groups is 2. The maximum atomic E-state index is 12.2. The van der Waals surface area contributed by atoms with Crippen LogP contribution in [0.5, 0.6) is 0 Å². The van der Waals surface area contributed by atoms with E-state index in [2.05, 4.69) is 12.6 Å². The van der Waals surface area contributed by atoms with Gasteiger partial charge in [-0.25, -0.2) is 0 Å². The van der Waals surface area contributed by atoms with Crippen LogP contribution in [0.2, 0.25) is 0 Å². The first-order valence-corrected chi connectivity index (χ1v) is 7.46. The highest BCUT2D eigenvalue weighted by Crippen LogP contribution is 2.24. The van der Waals surface area contributed by atoms with Crippen molar-refractivity contribution in [1.29, 1.82) is 0 Å². The largest absolute Gasteiger partial charge is 0.339 e. The topological polar surface area (TPSA) is 40.6 Å². The maximum absolute atomic E-state index is 12.2. The number of benzene rings is 1. The van der Waals surface area contributed by atoms with Gasteiger partial charge in [0, 0.05) is 42.6 Å². The number of thiol groups is 1. The number of hydrogen-bond acceptors (Lipinski definition) is 3. The van der Waals surface area contributed by atoms with Gasteiger partial charge in [-0.1, -0.05) is 0 Å². The molecule has 2 rings (SSSR count). The number of amides is 2. The van der Waals surface area contributed by atoms with Crippen LogP contribution in [0.15, 0.2) is 24.3 Å². The molecule has 0 spiro atoms. The third kappa shape index (κ3) is 2.98. The van der Waals surface area contributed by atoms with Crippen LogP contribution < -0.4 is 4.90 Å². The average Bonchev–Trinajstić information content (AvgIpc) is 2.79. The molecule has 0 bridgehead atoms. The number of anilines is 1. The van der Waals surface area contributed by atoms with Gasteiger partial charge in [-0.2, -0.15) is 12.6 Å². The molecule has 0 radical (unpaired) electrons. The fourth-order valence-electron chi connectivity index (χ4n) is 2.42. The minimum absolute atomic E-state index is 0.0290. The summed E-state index contributed by atoms with van der Waals surface area (Å²) in [5.41, 5.74) is 1.49. The first-order valence-electron chi connectivity index (χ1n) is 6.94. The summed E-state index contributed by atoms with van der Waals surface area (Å²) in [7, 11) is 0. The molecular weight excluding hydrogens is 272 g/mol. The third-order valence-corrected chi connectivity index (χ3v) is 3.93. The second-order valence-corrected chi connectivity index (χ2v) is 5.62. The van der Waals surface area contributed by atoms with Crippen LogP contribution in [0.4, 0.5) is 5.69 Å². The molecule has 1 fully saturated rings. The Balaban J connectivity index is 2.14. The molecule has 1 saturated heterocycles. The molecule has 1 aromatic carbocycles. The Labute approximate surface area is 125 Å². The van der Waals surface area contributed by atoms with E-state index in [-0.39, 0.29) is 17.1 Å². The molecule has 1 aliphatic rings. The third-order valence-electron chi connectivity index (χ3n) is 3.58. The van der Waals surface area contributed by atoms with Gasteiger partial charge in [-0.05, 0) is 38.1 Å². The predicted molar refractivity (Wildman–Crippen MR) is 83.4 cm³/mol. The van der Waals surface area contributed by atoms with E-state index >= 15 is 0 Å². The maximum Gasteiger partial charge on any atom is 0.253 e. The SMILES string of the molecule is CCN(CC)C(=O)c1ccc(N2CC(S)CC2=O)cc1. The molecule has 0 aromatic heterocycles. The summed E-state index contributed by atoms with van der Waals surface area (Å²) < 4.78 is 0. The van der Waals surface area contributed by atoms with Crippen molar-refractivity contribution in [3.8, 4) is 0 Å². The summed E-state index contributed by atoms with van der Waals surface area (Å²) in [5.74, 6) is 0.120. The standard InChI is InChI=1S/C15H20N2O2S/c1-3-16(4-2)15(19)11-5-7-12(8-6-11)17-10-13(20)9-14(17)18/h5-8,13,20H,3-4,9-10H2,1-2H3. The van der Waals surface area contributed by atoms with E-state index < -0.39 is 0 Å². The fraction of sp³-hybridized carbons (Fsp3) is 0.467. The summed E-state index contributed by atoms with van der Waals surface area (Å²) in [6.45, 7) is 5.95. The Kier molecular flexibility index (Phi) is 4.70. The molecule has 1 heterocycles.